The zero-order valence-corrected chi connectivity index (χ0v) is 19.2. The van der Waals surface area contributed by atoms with Crippen LogP contribution in [0.4, 0.5) is 0 Å². The van der Waals surface area contributed by atoms with Crippen molar-refractivity contribution in [2.45, 2.75) is 58.2 Å². The average Bonchev–Trinajstić information content (AvgIpc) is 3.18. The lowest BCUT2D eigenvalue weighted by Crippen LogP contribution is -2.48. The highest BCUT2D eigenvalue weighted by atomic mass is 16.5. The molecule has 7 heteroatoms. The van der Waals surface area contributed by atoms with Crippen molar-refractivity contribution in [1.29, 1.82) is 0 Å². The summed E-state index contributed by atoms with van der Waals surface area (Å²) in [5, 5.41) is 7.02. The van der Waals surface area contributed by atoms with Gasteiger partial charge in [-0.1, -0.05) is 24.3 Å². The first-order chi connectivity index (χ1) is 15.2. The van der Waals surface area contributed by atoms with E-state index in [1.807, 2.05) is 4.90 Å². The summed E-state index contributed by atoms with van der Waals surface area (Å²) in [6.45, 7) is 9.36. The summed E-state index contributed by atoms with van der Waals surface area (Å²) in [7, 11) is 1.77. The highest BCUT2D eigenvalue weighted by Gasteiger charge is 2.21. The topological polar surface area (TPSA) is 69.2 Å². The van der Waals surface area contributed by atoms with E-state index in [-0.39, 0.29) is 5.91 Å². The summed E-state index contributed by atoms with van der Waals surface area (Å²) in [4.78, 5) is 21.2. The Bertz CT molecular complexity index is 716. The fraction of sp³-hybridized carbons (Fsp3) is 0.667. The first-order valence-corrected chi connectivity index (χ1v) is 11.8. The van der Waals surface area contributed by atoms with Crippen LogP contribution < -0.4 is 10.6 Å². The van der Waals surface area contributed by atoms with Gasteiger partial charge in [0.05, 0.1) is 6.54 Å². The number of hydrogen-bond donors (Lipinski definition) is 2. The largest absolute Gasteiger partial charge is 0.385 e. The molecule has 0 saturated carbocycles. The Hall–Kier alpha value is -2.12. The summed E-state index contributed by atoms with van der Waals surface area (Å²) < 4.78 is 5.16. The fourth-order valence-electron chi connectivity index (χ4n) is 4.34. The molecular formula is C24H39N5O2. The molecule has 0 spiro atoms. The van der Waals surface area contributed by atoms with E-state index in [0.717, 1.165) is 71.0 Å². The lowest BCUT2D eigenvalue weighted by atomic mass is 10.1. The molecule has 2 aliphatic heterocycles. The standard InChI is InChI=1S/C24H39N5O2/c1-3-25-24(27-22-10-14-28(15-11-22)12-6-16-31-2)26-18-20-7-4-8-21(17-20)19-29-13-5-9-23(29)30/h4,7-8,17,22H,3,5-6,9-16,18-19H2,1-2H3,(H2,25,26,27). The predicted octanol–water partition coefficient (Wildman–Crippen LogP) is 2.37. The number of rotatable bonds is 10. The van der Waals surface area contributed by atoms with Crippen LogP contribution in [0.5, 0.6) is 0 Å². The first kappa shape index (κ1) is 23.5. The molecule has 7 nitrogen and oxygen atoms in total. The van der Waals surface area contributed by atoms with E-state index >= 15 is 0 Å². The van der Waals surface area contributed by atoms with Crippen LogP contribution in [0.2, 0.25) is 0 Å². The molecule has 0 radical (unpaired) electrons. The van der Waals surface area contributed by atoms with Crippen molar-refractivity contribution in [3.05, 3.63) is 35.4 Å². The molecule has 2 heterocycles. The van der Waals surface area contributed by atoms with Gasteiger partial charge in [0.15, 0.2) is 5.96 Å². The third-order valence-corrected chi connectivity index (χ3v) is 6.05. The highest BCUT2D eigenvalue weighted by molar-refractivity contribution is 5.80. The van der Waals surface area contributed by atoms with Gasteiger partial charge in [-0.05, 0) is 43.7 Å². The maximum Gasteiger partial charge on any atom is 0.222 e. The smallest absolute Gasteiger partial charge is 0.222 e. The summed E-state index contributed by atoms with van der Waals surface area (Å²) in [5.74, 6) is 1.16. The zero-order chi connectivity index (χ0) is 21.9. The maximum atomic E-state index is 11.9. The van der Waals surface area contributed by atoms with Crippen LogP contribution >= 0.6 is 0 Å². The minimum atomic E-state index is 0.270. The first-order valence-electron chi connectivity index (χ1n) is 11.8. The van der Waals surface area contributed by atoms with E-state index in [2.05, 4.69) is 46.7 Å². The molecular weight excluding hydrogens is 390 g/mol. The van der Waals surface area contributed by atoms with Gasteiger partial charge in [-0.2, -0.15) is 0 Å². The van der Waals surface area contributed by atoms with E-state index in [9.17, 15) is 4.79 Å². The van der Waals surface area contributed by atoms with Crippen molar-refractivity contribution >= 4 is 11.9 Å². The number of likely N-dealkylation sites (tertiary alicyclic amines) is 2. The number of benzene rings is 1. The molecule has 2 saturated heterocycles. The lowest BCUT2D eigenvalue weighted by Gasteiger charge is -2.33. The van der Waals surface area contributed by atoms with Gasteiger partial charge in [-0.25, -0.2) is 4.99 Å². The number of ether oxygens (including phenoxy) is 1. The molecule has 1 aromatic carbocycles. The fourth-order valence-corrected chi connectivity index (χ4v) is 4.34. The molecule has 1 aromatic rings. The molecule has 2 aliphatic rings. The van der Waals surface area contributed by atoms with Crippen molar-refractivity contribution in [1.82, 2.24) is 20.4 Å². The number of carbonyl (C=O) groups is 1. The van der Waals surface area contributed by atoms with Crippen molar-refractivity contribution in [2.75, 3.05) is 46.4 Å². The van der Waals surface area contributed by atoms with E-state index in [1.54, 1.807) is 7.11 Å². The van der Waals surface area contributed by atoms with Crippen LogP contribution in [-0.2, 0) is 22.6 Å². The molecule has 0 aliphatic carbocycles. The number of aliphatic imine (C=N–C) groups is 1. The van der Waals surface area contributed by atoms with Gasteiger partial charge in [0, 0.05) is 65.4 Å². The second-order valence-corrected chi connectivity index (χ2v) is 8.54. The van der Waals surface area contributed by atoms with Gasteiger partial charge in [0.2, 0.25) is 5.91 Å². The van der Waals surface area contributed by atoms with Gasteiger partial charge >= 0.3 is 0 Å². The van der Waals surface area contributed by atoms with Gasteiger partial charge in [0.25, 0.3) is 0 Å². The van der Waals surface area contributed by atoms with Crippen LogP contribution in [0.25, 0.3) is 0 Å². The van der Waals surface area contributed by atoms with Crippen molar-refractivity contribution < 1.29 is 9.53 Å². The number of amides is 1. The number of hydrogen-bond acceptors (Lipinski definition) is 4. The normalized spacial score (nSPS) is 18.6. The van der Waals surface area contributed by atoms with Gasteiger partial charge < -0.3 is 25.2 Å². The van der Waals surface area contributed by atoms with Crippen molar-refractivity contribution in [3.63, 3.8) is 0 Å². The Balaban J connectivity index is 1.49. The molecule has 172 valence electrons. The number of methoxy groups -OCH3 is 1. The average molecular weight is 430 g/mol. The SMILES string of the molecule is CCNC(=NCc1cccc(CN2CCCC2=O)c1)NC1CCN(CCCOC)CC1. The molecule has 2 fully saturated rings. The number of nitrogens with one attached hydrogen (secondary N) is 2. The summed E-state index contributed by atoms with van der Waals surface area (Å²) >= 11 is 0. The second-order valence-electron chi connectivity index (χ2n) is 8.54. The molecule has 0 unspecified atom stereocenters. The second kappa shape index (κ2) is 12.7. The van der Waals surface area contributed by atoms with E-state index in [1.165, 1.54) is 11.1 Å². The summed E-state index contributed by atoms with van der Waals surface area (Å²) in [6, 6.07) is 8.92. The van der Waals surface area contributed by atoms with Gasteiger partial charge in [-0.3, -0.25) is 4.79 Å². The monoisotopic (exact) mass is 429 g/mol. The van der Waals surface area contributed by atoms with E-state index < -0.39 is 0 Å². The number of nitrogens with zero attached hydrogens (tertiary/aromatic N) is 3. The van der Waals surface area contributed by atoms with Crippen molar-refractivity contribution in [3.8, 4) is 0 Å². The molecule has 0 bridgehead atoms. The van der Waals surface area contributed by atoms with Gasteiger partial charge in [-0.15, -0.1) is 0 Å². The predicted molar refractivity (Wildman–Crippen MR) is 125 cm³/mol. The summed E-state index contributed by atoms with van der Waals surface area (Å²) in [6.07, 6.45) is 5.04. The number of piperidine rings is 1. The van der Waals surface area contributed by atoms with Crippen LogP contribution in [0, 0.1) is 0 Å². The zero-order valence-electron chi connectivity index (χ0n) is 19.2. The molecule has 2 N–H and O–H groups in total. The number of guanidine groups is 1. The van der Waals surface area contributed by atoms with Crippen LogP contribution in [0.1, 0.15) is 50.2 Å². The third kappa shape index (κ3) is 7.82. The van der Waals surface area contributed by atoms with E-state index in [4.69, 9.17) is 9.73 Å². The molecule has 3 rings (SSSR count). The molecule has 0 aromatic heterocycles. The maximum absolute atomic E-state index is 11.9. The highest BCUT2D eigenvalue weighted by Crippen LogP contribution is 2.16. The summed E-state index contributed by atoms with van der Waals surface area (Å²) in [5.41, 5.74) is 2.36. The van der Waals surface area contributed by atoms with E-state index in [0.29, 0.717) is 25.6 Å². The Morgan fingerprint density at radius 3 is 2.74 bits per heavy atom. The molecule has 0 atom stereocenters. The quantitative estimate of drug-likeness (QED) is 0.340. The Morgan fingerprint density at radius 1 is 1.23 bits per heavy atom. The van der Waals surface area contributed by atoms with Crippen LogP contribution in [0.15, 0.2) is 29.3 Å². The minimum absolute atomic E-state index is 0.270. The van der Waals surface area contributed by atoms with Crippen LogP contribution in [0.3, 0.4) is 0 Å². The van der Waals surface area contributed by atoms with Gasteiger partial charge in [0.1, 0.15) is 0 Å². The number of carbonyl (C=O) groups excluding carboxylic acids is 1. The molecule has 1 amide bonds. The van der Waals surface area contributed by atoms with Crippen LogP contribution in [-0.4, -0.2) is 74.1 Å². The third-order valence-electron chi connectivity index (χ3n) is 6.05. The molecule has 31 heavy (non-hydrogen) atoms. The van der Waals surface area contributed by atoms with Crippen molar-refractivity contribution in [2.24, 2.45) is 4.99 Å². The lowest BCUT2D eigenvalue weighted by molar-refractivity contribution is -0.128. The minimum Gasteiger partial charge on any atom is -0.385 e. The Kier molecular flexibility index (Phi) is 9.62. The Morgan fingerprint density at radius 2 is 2.03 bits per heavy atom. The Labute approximate surface area is 187 Å².